The number of phenolic OH excluding ortho intramolecular Hbond substituents is 1. The van der Waals surface area contributed by atoms with E-state index in [-0.39, 0.29) is 17.4 Å². The van der Waals surface area contributed by atoms with Crippen molar-refractivity contribution in [3.05, 3.63) is 65.7 Å². The van der Waals surface area contributed by atoms with Crippen LogP contribution in [0, 0.1) is 17.1 Å². The zero-order chi connectivity index (χ0) is 23.4. The maximum absolute atomic E-state index is 13.6. The Hall–Kier alpha value is -4.16. The summed E-state index contributed by atoms with van der Waals surface area (Å²) in [5.74, 6) is 0.858. The molecule has 0 saturated carbocycles. The molecule has 2 atom stereocenters. The third-order valence-electron chi connectivity index (χ3n) is 6.94. The zero-order valence-electron chi connectivity index (χ0n) is 18.2. The minimum absolute atomic E-state index is 0.130. The van der Waals surface area contributed by atoms with Crippen LogP contribution in [-0.4, -0.2) is 50.1 Å². The van der Waals surface area contributed by atoms with E-state index < -0.39 is 0 Å². The molecule has 6 heterocycles. The summed E-state index contributed by atoms with van der Waals surface area (Å²) in [5, 5.41) is 20.6. The molecule has 3 saturated heterocycles. The Balaban J connectivity index is 1.22. The summed E-state index contributed by atoms with van der Waals surface area (Å²) in [6.45, 7) is 2.16. The van der Waals surface area contributed by atoms with Gasteiger partial charge in [-0.15, -0.1) is 0 Å². The lowest BCUT2D eigenvalue weighted by Crippen LogP contribution is -2.68. The van der Waals surface area contributed by atoms with Gasteiger partial charge in [-0.3, -0.25) is 4.90 Å². The number of nitrogens with two attached hydrogens (primary N) is 1. The van der Waals surface area contributed by atoms with Crippen LogP contribution in [0.15, 0.2) is 48.8 Å². The molecule has 1 aromatic carbocycles. The number of hydrogen-bond donors (Lipinski definition) is 3. The van der Waals surface area contributed by atoms with Crippen LogP contribution in [0.2, 0.25) is 0 Å². The predicted molar refractivity (Wildman–Crippen MR) is 126 cm³/mol. The minimum Gasteiger partial charge on any atom is -0.508 e. The van der Waals surface area contributed by atoms with Crippen LogP contribution >= 0.6 is 0 Å². The Morgan fingerprint density at radius 3 is 2.76 bits per heavy atom. The Morgan fingerprint density at radius 1 is 1.21 bits per heavy atom. The number of piperazine rings is 1. The summed E-state index contributed by atoms with van der Waals surface area (Å²) < 4.78 is 13.6. The van der Waals surface area contributed by atoms with Crippen molar-refractivity contribution in [2.24, 2.45) is 0 Å². The van der Waals surface area contributed by atoms with Crippen molar-refractivity contribution in [3.8, 4) is 22.9 Å². The quantitative estimate of drug-likeness (QED) is 0.432. The number of nitrogens with zero attached hydrogens (tertiary/aromatic N) is 5. The molecule has 9 heteroatoms. The number of aromatic nitrogens is 3. The van der Waals surface area contributed by atoms with Crippen LogP contribution in [0.5, 0.6) is 5.75 Å². The number of pyridine rings is 2. The van der Waals surface area contributed by atoms with E-state index in [9.17, 15) is 14.8 Å². The van der Waals surface area contributed by atoms with E-state index in [1.165, 1.54) is 18.2 Å². The molecule has 3 aromatic heterocycles. The number of rotatable bonds is 4. The molecule has 170 valence electrons. The molecule has 3 fully saturated rings. The molecule has 0 amide bonds. The molecule has 0 spiro atoms. The first-order valence-corrected chi connectivity index (χ1v) is 11.1. The van der Waals surface area contributed by atoms with E-state index in [0.29, 0.717) is 35.4 Å². The number of hydrogen-bond acceptors (Lipinski definition) is 7. The lowest BCUT2D eigenvalue weighted by molar-refractivity contribution is -0.00921. The molecule has 4 aromatic rings. The Morgan fingerprint density at radius 2 is 2.03 bits per heavy atom. The van der Waals surface area contributed by atoms with E-state index in [1.54, 1.807) is 12.4 Å². The second-order valence-electron chi connectivity index (χ2n) is 8.90. The molecule has 34 heavy (non-hydrogen) atoms. The van der Waals surface area contributed by atoms with Gasteiger partial charge in [-0.2, -0.15) is 5.26 Å². The summed E-state index contributed by atoms with van der Waals surface area (Å²) in [5.41, 5.74) is 9.16. The van der Waals surface area contributed by atoms with Crippen molar-refractivity contribution in [2.75, 3.05) is 23.7 Å². The van der Waals surface area contributed by atoms with Gasteiger partial charge in [0.15, 0.2) is 0 Å². The summed E-state index contributed by atoms with van der Waals surface area (Å²) in [6, 6.07) is 12.7. The highest BCUT2D eigenvalue weighted by molar-refractivity contribution is 5.98. The number of nitrogens with one attached hydrogen (secondary N) is 1. The number of H-pyrrole nitrogens is 1. The van der Waals surface area contributed by atoms with Crippen LogP contribution in [0.3, 0.4) is 0 Å². The minimum atomic E-state index is -0.336. The Kier molecular flexibility index (Phi) is 4.64. The standard InChI is InChI=1S/C25H22FN7O/c26-16-2-3-21(34)15(7-16)11-33-17-8-18(33)13-32(12-17)22-4-1-14(10-30-22)23-19-5-6-29-25(19)31-24(28)20(23)9-27/h1-7,10,17-18,34H,8,11-13H2,(H3,28,29,31). The van der Waals surface area contributed by atoms with Gasteiger partial charge in [0.25, 0.3) is 0 Å². The van der Waals surface area contributed by atoms with Gasteiger partial charge in [0.05, 0.1) is 0 Å². The molecule has 4 N–H and O–H groups in total. The number of nitriles is 1. The SMILES string of the molecule is N#Cc1c(N)nc2[nH]ccc2c1-c1ccc(N2CC3CC(C2)N3Cc2cc(F)ccc2O)nc1. The van der Waals surface area contributed by atoms with Gasteiger partial charge in [-0.05, 0) is 42.8 Å². The first-order valence-electron chi connectivity index (χ1n) is 11.1. The molecule has 8 nitrogen and oxygen atoms in total. The number of anilines is 2. The van der Waals surface area contributed by atoms with E-state index in [2.05, 4.69) is 25.8 Å². The van der Waals surface area contributed by atoms with E-state index in [4.69, 9.17) is 10.7 Å². The van der Waals surface area contributed by atoms with Gasteiger partial charge in [0, 0.05) is 66.2 Å². The number of aromatic hydroxyl groups is 1. The normalized spacial score (nSPS) is 19.7. The second kappa shape index (κ2) is 7.71. The topological polar surface area (TPSA) is 118 Å². The molecule has 7 rings (SSSR count). The first kappa shape index (κ1) is 20.4. The van der Waals surface area contributed by atoms with E-state index in [0.717, 1.165) is 41.8 Å². The van der Waals surface area contributed by atoms with Crippen LogP contribution in [0.1, 0.15) is 17.5 Å². The van der Waals surface area contributed by atoms with Gasteiger partial charge >= 0.3 is 0 Å². The Bertz CT molecular complexity index is 1430. The first-order chi connectivity index (χ1) is 16.5. The summed E-state index contributed by atoms with van der Waals surface area (Å²) >= 11 is 0. The molecular weight excluding hydrogens is 433 g/mol. The van der Waals surface area contributed by atoms with Gasteiger partial charge < -0.3 is 20.7 Å². The lowest BCUT2D eigenvalue weighted by Gasteiger charge is -2.56. The molecule has 2 unspecified atom stereocenters. The van der Waals surface area contributed by atoms with Gasteiger partial charge in [0.1, 0.15) is 40.5 Å². The highest BCUT2D eigenvalue weighted by atomic mass is 19.1. The van der Waals surface area contributed by atoms with Gasteiger partial charge in [-0.25, -0.2) is 14.4 Å². The monoisotopic (exact) mass is 455 g/mol. The summed E-state index contributed by atoms with van der Waals surface area (Å²) in [4.78, 5) is 16.6. The van der Waals surface area contributed by atoms with Crippen LogP contribution < -0.4 is 10.6 Å². The van der Waals surface area contributed by atoms with Crippen molar-refractivity contribution in [1.82, 2.24) is 19.9 Å². The van der Waals surface area contributed by atoms with Crippen molar-refractivity contribution in [1.29, 1.82) is 5.26 Å². The van der Waals surface area contributed by atoms with Crippen LogP contribution in [0.4, 0.5) is 16.0 Å². The molecule has 3 aliphatic rings. The number of fused-ring (bicyclic) bond motifs is 3. The fourth-order valence-electron chi connectivity index (χ4n) is 5.24. The fourth-order valence-corrected chi connectivity index (χ4v) is 5.24. The van der Waals surface area contributed by atoms with Crippen LogP contribution in [0.25, 0.3) is 22.2 Å². The molecular formula is C25H22FN7O. The van der Waals surface area contributed by atoms with Crippen molar-refractivity contribution < 1.29 is 9.50 Å². The number of nitrogen functional groups attached to an aromatic ring is 1. The summed E-state index contributed by atoms with van der Waals surface area (Å²) in [6.07, 6.45) is 4.64. The largest absolute Gasteiger partial charge is 0.508 e. The van der Waals surface area contributed by atoms with Crippen LogP contribution in [-0.2, 0) is 6.54 Å². The Labute approximate surface area is 195 Å². The number of benzene rings is 1. The third-order valence-corrected chi connectivity index (χ3v) is 6.94. The van der Waals surface area contributed by atoms with Crippen molar-refractivity contribution in [3.63, 3.8) is 0 Å². The maximum atomic E-state index is 13.6. The average Bonchev–Trinajstić information content (AvgIpc) is 3.31. The van der Waals surface area contributed by atoms with Crippen molar-refractivity contribution in [2.45, 2.75) is 25.0 Å². The van der Waals surface area contributed by atoms with Gasteiger partial charge in [0.2, 0.25) is 0 Å². The smallest absolute Gasteiger partial charge is 0.144 e. The summed E-state index contributed by atoms with van der Waals surface area (Å²) in [7, 11) is 0. The third kappa shape index (κ3) is 3.23. The second-order valence-corrected chi connectivity index (χ2v) is 8.90. The van der Waals surface area contributed by atoms with Crippen molar-refractivity contribution >= 4 is 22.7 Å². The molecule has 0 radical (unpaired) electrons. The predicted octanol–water partition coefficient (Wildman–Crippen LogP) is 3.39. The van der Waals surface area contributed by atoms with E-state index in [1.807, 2.05) is 18.2 Å². The number of piperidine rings is 1. The maximum Gasteiger partial charge on any atom is 0.144 e. The highest BCUT2D eigenvalue weighted by Gasteiger charge is 2.44. The number of aromatic amines is 1. The molecule has 2 bridgehead atoms. The number of halogens is 1. The average molecular weight is 455 g/mol. The molecule has 0 aliphatic carbocycles. The van der Waals surface area contributed by atoms with E-state index >= 15 is 0 Å². The van der Waals surface area contributed by atoms with Gasteiger partial charge in [-0.1, -0.05) is 0 Å². The highest BCUT2D eigenvalue weighted by Crippen LogP contribution is 2.38. The lowest BCUT2D eigenvalue weighted by atomic mass is 9.86. The zero-order valence-corrected chi connectivity index (χ0v) is 18.2. The number of phenols is 1. The molecule has 3 aliphatic heterocycles. The fraction of sp³-hybridized carbons (Fsp3) is 0.240.